The third-order valence-electron chi connectivity index (χ3n) is 3.26. The summed E-state index contributed by atoms with van der Waals surface area (Å²) in [6.45, 7) is 6.52. The molecule has 1 aromatic rings. The Labute approximate surface area is 117 Å². The van der Waals surface area contributed by atoms with Crippen molar-refractivity contribution in [2.24, 2.45) is 0 Å². The number of carbonyl (C=O) groups is 1. The monoisotopic (exact) mass is 284 g/mol. The molecule has 0 radical (unpaired) electrons. The largest absolute Gasteiger partial charge is 0.486 e. The molecule has 0 saturated carbocycles. The van der Waals surface area contributed by atoms with E-state index in [0.29, 0.717) is 35.3 Å². The van der Waals surface area contributed by atoms with E-state index < -0.39 is 11.9 Å². The maximum absolute atomic E-state index is 11.2. The van der Waals surface area contributed by atoms with E-state index in [1.54, 1.807) is 13.0 Å². The van der Waals surface area contributed by atoms with Crippen molar-refractivity contribution in [1.29, 1.82) is 0 Å². The number of carboxylic acid groups (broad SMARTS) is 1. The van der Waals surface area contributed by atoms with Gasteiger partial charge in [0.2, 0.25) is 0 Å². The number of fused-ring (bicyclic) bond motifs is 1. The summed E-state index contributed by atoms with van der Waals surface area (Å²) in [5, 5.41) is 9.69. The molecule has 1 aliphatic rings. The first-order chi connectivity index (χ1) is 8.93. The maximum Gasteiger partial charge on any atom is 0.310 e. The molecule has 4 nitrogen and oxygen atoms in total. The molecule has 1 aromatic carbocycles. The van der Waals surface area contributed by atoms with Gasteiger partial charge in [0, 0.05) is 0 Å². The van der Waals surface area contributed by atoms with Gasteiger partial charge in [-0.15, -0.1) is 0 Å². The fourth-order valence-electron chi connectivity index (χ4n) is 2.26. The highest BCUT2D eigenvalue weighted by atomic mass is 35.5. The Morgan fingerprint density at radius 2 is 1.95 bits per heavy atom. The van der Waals surface area contributed by atoms with E-state index in [4.69, 9.17) is 21.1 Å². The van der Waals surface area contributed by atoms with Gasteiger partial charge < -0.3 is 14.6 Å². The van der Waals surface area contributed by atoms with Gasteiger partial charge in [-0.05, 0) is 30.0 Å². The van der Waals surface area contributed by atoms with Crippen LogP contribution in [0.1, 0.15) is 43.7 Å². The van der Waals surface area contributed by atoms with Crippen LogP contribution in [0.4, 0.5) is 0 Å². The van der Waals surface area contributed by atoms with Crippen molar-refractivity contribution in [2.75, 3.05) is 13.2 Å². The van der Waals surface area contributed by atoms with Crippen molar-refractivity contribution in [3.63, 3.8) is 0 Å². The van der Waals surface area contributed by atoms with Gasteiger partial charge in [-0.2, -0.15) is 0 Å². The second-order valence-corrected chi connectivity index (χ2v) is 5.31. The maximum atomic E-state index is 11.2. The molecule has 0 bridgehead atoms. The zero-order valence-corrected chi connectivity index (χ0v) is 12.0. The first-order valence-electron chi connectivity index (χ1n) is 6.28. The van der Waals surface area contributed by atoms with Crippen LogP contribution in [-0.2, 0) is 4.79 Å². The average molecular weight is 285 g/mol. The zero-order chi connectivity index (χ0) is 14.2. The van der Waals surface area contributed by atoms with Crippen LogP contribution in [0.25, 0.3) is 0 Å². The molecule has 0 aromatic heterocycles. The molecule has 1 unspecified atom stereocenters. The summed E-state index contributed by atoms with van der Waals surface area (Å²) >= 11 is 6.38. The van der Waals surface area contributed by atoms with Crippen molar-refractivity contribution >= 4 is 17.6 Å². The van der Waals surface area contributed by atoms with Gasteiger partial charge >= 0.3 is 5.97 Å². The second-order valence-electron chi connectivity index (χ2n) is 4.93. The van der Waals surface area contributed by atoms with Crippen LogP contribution in [0.15, 0.2) is 6.07 Å². The van der Waals surface area contributed by atoms with Crippen molar-refractivity contribution < 1.29 is 19.4 Å². The molecule has 2 rings (SSSR count). The van der Waals surface area contributed by atoms with Crippen molar-refractivity contribution in [1.82, 2.24) is 0 Å². The van der Waals surface area contributed by atoms with Crippen molar-refractivity contribution in [3.05, 3.63) is 22.2 Å². The SMILES string of the molecule is CC(C)c1c(C(C)C(=O)O)cc2c(c1Cl)OCCO2. The number of hydrogen-bond acceptors (Lipinski definition) is 3. The predicted octanol–water partition coefficient (Wildman–Crippen LogP) is 3.42. The van der Waals surface area contributed by atoms with Gasteiger partial charge in [0.1, 0.15) is 13.2 Å². The van der Waals surface area contributed by atoms with Crippen molar-refractivity contribution in [2.45, 2.75) is 32.6 Å². The van der Waals surface area contributed by atoms with Crippen LogP contribution >= 0.6 is 11.6 Å². The molecular weight excluding hydrogens is 268 g/mol. The van der Waals surface area contributed by atoms with Gasteiger partial charge in [0.25, 0.3) is 0 Å². The highest BCUT2D eigenvalue weighted by molar-refractivity contribution is 6.33. The van der Waals surface area contributed by atoms with Crippen molar-refractivity contribution in [3.8, 4) is 11.5 Å². The fraction of sp³-hybridized carbons (Fsp3) is 0.500. The lowest BCUT2D eigenvalue weighted by Crippen LogP contribution is -2.18. The number of benzene rings is 1. The van der Waals surface area contributed by atoms with Gasteiger partial charge in [0.05, 0.1) is 10.9 Å². The molecule has 19 heavy (non-hydrogen) atoms. The molecule has 0 spiro atoms. The third-order valence-corrected chi connectivity index (χ3v) is 3.63. The Bertz CT molecular complexity index is 511. The topological polar surface area (TPSA) is 55.8 Å². The van der Waals surface area contributed by atoms with Crippen LogP contribution in [0, 0.1) is 0 Å². The zero-order valence-electron chi connectivity index (χ0n) is 11.2. The molecule has 0 saturated heterocycles. The summed E-state index contributed by atoms with van der Waals surface area (Å²) in [6, 6.07) is 1.74. The van der Waals surface area contributed by atoms with Crippen LogP contribution in [0.2, 0.25) is 5.02 Å². The van der Waals surface area contributed by atoms with E-state index in [1.807, 2.05) is 13.8 Å². The first-order valence-corrected chi connectivity index (χ1v) is 6.66. The Balaban J connectivity index is 2.64. The summed E-state index contributed by atoms with van der Waals surface area (Å²) in [5.74, 6) is -0.345. The average Bonchev–Trinajstić information content (AvgIpc) is 2.37. The molecule has 5 heteroatoms. The third kappa shape index (κ3) is 2.50. The van der Waals surface area contributed by atoms with E-state index in [-0.39, 0.29) is 5.92 Å². The normalized spacial score (nSPS) is 15.4. The Kier molecular flexibility index (Phi) is 3.90. The molecule has 0 aliphatic carbocycles. The molecule has 1 aliphatic heterocycles. The minimum absolute atomic E-state index is 0.111. The number of aliphatic carboxylic acids is 1. The van der Waals surface area contributed by atoms with Crippen LogP contribution in [0.3, 0.4) is 0 Å². The Hall–Kier alpha value is -1.42. The van der Waals surface area contributed by atoms with E-state index in [1.165, 1.54) is 0 Å². The number of rotatable bonds is 3. The highest BCUT2D eigenvalue weighted by Gasteiger charge is 2.27. The number of halogens is 1. The van der Waals surface area contributed by atoms with Crippen LogP contribution < -0.4 is 9.47 Å². The van der Waals surface area contributed by atoms with Crippen LogP contribution in [0.5, 0.6) is 11.5 Å². The summed E-state index contributed by atoms with van der Waals surface area (Å²) < 4.78 is 11.0. The molecule has 1 N–H and O–H groups in total. The Morgan fingerprint density at radius 3 is 2.53 bits per heavy atom. The number of ether oxygens (including phenoxy) is 2. The lowest BCUT2D eigenvalue weighted by Gasteiger charge is -2.25. The van der Waals surface area contributed by atoms with Crippen LogP contribution in [-0.4, -0.2) is 24.3 Å². The molecule has 0 amide bonds. The van der Waals surface area contributed by atoms with E-state index in [9.17, 15) is 9.90 Å². The van der Waals surface area contributed by atoms with E-state index in [0.717, 1.165) is 5.56 Å². The standard InChI is InChI=1S/C14H17ClO4/c1-7(2)11-9(8(3)14(16)17)6-10-13(12(11)15)19-5-4-18-10/h6-8H,4-5H2,1-3H3,(H,16,17). The summed E-state index contributed by atoms with van der Waals surface area (Å²) in [7, 11) is 0. The second kappa shape index (κ2) is 5.29. The smallest absolute Gasteiger partial charge is 0.310 e. The number of hydrogen-bond donors (Lipinski definition) is 1. The Morgan fingerprint density at radius 1 is 1.32 bits per heavy atom. The summed E-state index contributed by atoms with van der Waals surface area (Å²) in [5.41, 5.74) is 1.51. The van der Waals surface area contributed by atoms with Gasteiger partial charge in [-0.3, -0.25) is 4.79 Å². The molecule has 104 valence electrons. The highest BCUT2D eigenvalue weighted by Crippen LogP contribution is 2.45. The molecular formula is C14H17ClO4. The first kappa shape index (κ1) is 14.0. The predicted molar refractivity (Wildman–Crippen MR) is 72.6 cm³/mol. The van der Waals surface area contributed by atoms with Gasteiger partial charge in [0.15, 0.2) is 11.5 Å². The van der Waals surface area contributed by atoms with E-state index in [2.05, 4.69) is 0 Å². The minimum atomic E-state index is -0.880. The molecule has 1 atom stereocenters. The fourth-order valence-corrected chi connectivity index (χ4v) is 2.73. The number of carboxylic acids is 1. The molecule has 0 fully saturated rings. The summed E-state index contributed by atoms with van der Waals surface area (Å²) in [4.78, 5) is 11.2. The lowest BCUT2D eigenvalue weighted by atomic mass is 9.89. The lowest BCUT2D eigenvalue weighted by molar-refractivity contribution is -0.138. The van der Waals surface area contributed by atoms with E-state index >= 15 is 0 Å². The van der Waals surface area contributed by atoms with Gasteiger partial charge in [-0.25, -0.2) is 0 Å². The van der Waals surface area contributed by atoms with Gasteiger partial charge in [-0.1, -0.05) is 25.4 Å². The summed E-state index contributed by atoms with van der Waals surface area (Å²) in [6.07, 6.45) is 0. The quantitative estimate of drug-likeness (QED) is 0.924. The molecule has 1 heterocycles. The minimum Gasteiger partial charge on any atom is -0.486 e.